The molecule has 0 spiro atoms. The van der Waals surface area contributed by atoms with E-state index in [-0.39, 0.29) is 0 Å². The second kappa shape index (κ2) is 6.37. The second-order valence-electron chi connectivity index (χ2n) is 3.17. The zero-order valence-electron chi connectivity index (χ0n) is 9.60. The molecule has 0 fully saturated rings. The molecule has 1 aromatic heterocycles. The van der Waals surface area contributed by atoms with Crippen LogP contribution in [0.1, 0.15) is 11.3 Å². The Morgan fingerprint density at radius 3 is 2.25 bits per heavy atom. The lowest BCUT2D eigenvalue weighted by Gasteiger charge is -2.00. The van der Waals surface area contributed by atoms with Crippen molar-refractivity contribution in [1.29, 1.82) is 0 Å². The van der Waals surface area contributed by atoms with Crippen LogP contribution in [0.4, 0.5) is 0 Å². The molecule has 2 rings (SSSR count). The molecule has 3 nitrogen and oxygen atoms in total. The normalized spacial score (nSPS) is 9.50. The van der Waals surface area contributed by atoms with Crippen molar-refractivity contribution in [2.45, 2.75) is 13.5 Å². The molecule has 0 saturated heterocycles. The Labute approximate surface area is 100 Å². The Bertz CT molecular complexity index is 420. The number of hydrogen-bond acceptors (Lipinski definition) is 4. The Morgan fingerprint density at radius 2 is 1.81 bits per heavy atom. The zero-order chi connectivity index (χ0) is 12.0. The Morgan fingerprint density at radius 1 is 1.19 bits per heavy atom. The summed E-state index contributed by atoms with van der Waals surface area (Å²) in [6.45, 7) is 2.63. The molecule has 4 N–H and O–H groups in total. The number of rotatable bonds is 2. The average molecular weight is 235 g/mol. The molecule has 0 unspecified atom stereocenters. The summed E-state index contributed by atoms with van der Waals surface area (Å²) in [5.41, 5.74) is 15.4. The quantitative estimate of drug-likeness (QED) is 0.838. The standard InChI is InChI=1S/C11H12N2S.CH5N/c1-8-11(14-7-13-8)10-4-2-9(6-12)3-5-10;1-2/h2-5,7H,6,12H2,1H3;2H2,1H3. The third-order valence-electron chi connectivity index (χ3n) is 2.20. The van der Waals surface area contributed by atoms with Gasteiger partial charge in [-0.3, -0.25) is 0 Å². The van der Waals surface area contributed by atoms with Crippen LogP contribution in [0.5, 0.6) is 0 Å². The molecule has 0 aliphatic heterocycles. The summed E-state index contributed by atoms with van der Waals surface area (Å²) < 4.78 is 0. The second-order valence-corrected chi connectivity index (χ2v) is 4.02. The SMILES string of the molecule is CN.Cc1ncsc1-c1ccc(CN)cc1. The van der Waals surface area contributed by atoms with Crippen LogP contribution < -0.4 is 11.5 Å². The van der Waals surface area contributed by atoms with Crippen molar-refractivity contribution < 1.29 is 0 Å². The van der Waals surface area contributed by atoms with Crippen molar-refractivity contribution in [1.82, 2.24) is 4.98 Å². The van der Waals surface area contributed by atoms with Crippen LogP contribution in [0.15, 0.2) is 29.8 Å². The monoisotopic (exact) mass is 235 g/mol. The molecule has 0 bridgehead atoms. The fraction of sp³-hybridized carbons (Fsp3) is 0.250. The van der Waals surface area contributed by atoms with Gasteiger partial charge in [0.2, 0.25) is 0 Å². The first-order valence-electron chi connectivity index (χ1n) is 5.08. The molecule has 1 aromatic carbocycles. The maximum atomic E-state index is 5.54. The number of aryl methyl sites for hydroxylation is 1. The largest absolute Gasteiger partial charge is 0.333 e. The molecule has 1 heterocycles. The topological polar surface area (TPSA) is 64.9 Å². The Balaban J connectivity index is 0.000000606. The average Bonchev–Trinajstić information content (AvgIpc) is 2.78. The van der Waals surface area contributed by atoms with E-state index in [1.54, 1.807) is 11.3 Å². The van der Waals surface area contributed by atoms with Gasteiger partial charge in [0.25, 0.3) is 0 Å². The van der Waals surface area contributed by atoms with E-state index in [4.69, 9.17) is 5.73 Å². The van der Waals surface area contributed by atoms with Gasteiger partial charge < -0.3 is 11.5 Å². The summed E-state index contributed by atoms with van der Waals surface area (Å²) in [5, 5.41) is 0. The number of thiazole rings is 1. The van der Waals surface area contributed by atoms with E-state index in [1.807, 2.05) is 12.4 Å². The minimum atomic E-state index is 0.599. The predicted molar refractivity (Wildman–Crippen MR) is 70.3 cm³/mol. The maximum absolute atomic E-state index is 5.54. The van der Waals surface area contributed by atoms with Crippen LogP contribution in [0.25, 0.3) is 10.4 Å². The van der Waals surface area contributed by atoms with Crippen molar-refractivity contribution in [2.24, 2.45) is 11.5 Å². The van der Waals surface area contributed by atoms with Crippen molar-refractivity contribution in [3.63, 3.8) is 0 Å². The lowest BCUT2D eigenvalue weighted by atomic mass is 10.1. The van der Waals surface area contributed by atoms with Gasteiger partial charge >= 0.3 is 0 Å². The van der Waals surface area contributed by atoms with Crippen molar-refractivity contribution in [3.8, 4) is 10.4 Å². The number of hydrogen-bond donors (Lipinski definition) is 2. The minimum absolute atomic E-state index is 0.599. The molecule has 0 radical (unpaired) electrons. The molecule has 4 heteroatoms. The molecule has 0 amide bonds. The maximum Gasteiger partial charge on any atom is 0.0801 e. The van der Waals surface area contributed by atoms with Crippen LogP contribution in [0, 0.1) is 6.92 Å². The van der Waals surface area contributed by atoms with Crippen molar-refractivity contribution in [3.05, 3.63) is 41.0 Å². The minimum Gasteiger partial charge on any atom is -0.333 e. The number of benzene rings is 1. The van der Waals surface area contributed by atoms with Gasteiger partial charge in [0, 0.05) is 6.54 Å². The third kappa shape index (κ3) is 2.88. The molecule has 0 aliphatic carbocycles. The molecule has 0 aliphatic rings. The number of aromatic nitrogens is 1. The highest BCUT2D eigenvalue weighted by molar-refractivity contribution is 7.13. The van der Waals surface area contributed by atoms with E-state index in [0.29, 0.717) is 6.54 Å². The van der Waals surface area contributed by atoms with Crippen LogP contribution in [0.2, 0.25) is 0 Å². The molecule has 2 aromatic rings. The summed E-state index contributed by atoms with van der Waals surface area (Å²) in [4.78, 5) is 5.47. The fourth-order valence-electron chi connectivity index (χ4n) is 1.37. The molecular formula is C12H17N3S. The van der Waals surface area contributed by atoms with Gasteiger partial charge in [-0.05, 0) is 25.1 Å². The van der Waals surface area contributed by atoms with Gasteiger partial charge in [0.05, 0.1) is 16.1 Å². The van der Waals surface area contributed by atoms with E-state index in [1.165, 1.54) is 17.5 Å². The highest BCUT2D eigenvalue weighted by Gasteiger charge is 2.03. The molecular weight excluding hydrogens is 218 g/mol. The molecule has 0 saturated carbocycles. The Hall–Kier alpha value is -1.23. The summed E-state index contributed by atoms with van der Waals surface area (Å²) in [5.74, 6) is 0. The highest BCUT2D eigenvalue weighted by Crippen LogP contribution is 2.26. The highest BCUT2D eigenvalue weighted by atomic mass is 32.1. The zero-order valence-corrected chi connectivity index (χ0v) is 10.4. The number of nitrogens with zero attached hydrogens (tertiary/aromatic N) is 1. The lowest BCUT2D eigenvalue weighted by Crippen LogP contribution is -1.95. The van der Waals surface area contributed by atoms with Gasteiger partial charge in [-0.25, -0.2) is 4.98 Å². The predicted octanol–water partition coefficient (Wildman–Crippen LogP) is 2.15. The van der Waals surface area contributed by atoms with E-state index in [0.717, 1.165) is 11.3 Å². The van der Waals surface area contributed by atoms with Crippen molar-refractivity contribution in [2.75, 3.05) is 7.05 Å². The van der Waals surface area contributed by atoms with Gasteiger partial charge in [-0.15, -0.1) is 11.3 Å². The summed E-state index contributed by atoms with van der Waals surface area (Å²) >= 11 is 1.67. The lowest BCUT2D eigenvalue weighted by molar-refractivity contribution is 1.07. The van der Waals surface area contributed by atoms with Crippen LogP contribution >= 0.6 is 11.3 Å². The third-order valence-corrected chi connectivity index (χ3v) is 3.17. The van der Waals surface area contributed by atoms with Crippen molar-refractivity contribution >= 4 is 11.3 Å². The van der Waals surface area contributed by atoms with E-state index in [9.17, 15) is 0 Å². The first kappa shape index (κ1) is 12.8. The van der Waals surface area contributed by atoms with Crippen LogP contribution in [0.3, 0.4) is 0 Å². The van der Waals surface area contributed by atoms with Gasteiger partial charge in [-0.2, -0.15) is 0 Å². The first-order chi connectivity index (χ1) is 7.81. The Kier molecular flexibility index (Phi) is 5.11. The fourth-order valence-corrected chi connectivity index (χ4v) is 2.18. The van der Waals surface area contributed by atoms with E-state index < -0.39 is 0 Å². The summed E-state index contributed by atoms with van der Waals surface area (Å²) in [7, 11) is 1.50. The van der Waals surface area contributed by atoms with E-state index >= 15 is 0 Å². The number of nitrogens with two attached hydrogens (primary N) is 2. The van der Waals surface area contributed by atoms with Crippen LogP contribution in [-0.2, 0) is 6.54 Å². The molecule has 0 atom stereocenters. The molecule has 16 heavy (non-hydrogen) atoms. The van der Waals surface area contributed by atoms with E-state index in [2.05, 4.69) is 35.0 Å². The first-order valence-corrected chi connectivity index (χ1v) is 5.96. The van der Waals surface area contributed by atoms with Gasteiger partial charge in [0.1, 0.15) is 0 Å². The molecule has 86 valence electrons. The summed E-state index contributed by atoms with van der Waals surface area (Å²) in [6, 6.07) is 8.33. The van der Waals surface area contributed by atoms with Gasteiger partial charge in [0.15, 0.2) is 0 Å². The van der Waals surface area contributed by atoms with Crippen LogP contribution in [-0.4, -0.2) is 12.0 Å². The smallest absolute Gasteiger partial charge is 0.0801 e. The van der Waals surface area contributed by atoms with Gasteiger partial charge in [-0.1, -0.05) is 24.3 Å². The summed E-state index contributed by atoms with van der Waals surface area (Å²) in [6.07, 6.45) is 0.